The van der Waals surface area contributed by atoms with Crippen molar-refractivity contribution in [3.8, 4) is 11.1 Å². The molecule has 2 N–H and O–H groups in total. The van der Waals surface area contributed by atoms with Crippen LogP contribution in [0.1, 0.15) is 35.2 Å². The largest absolute Gasteiger partial charge is 0.481 e. The van der Waals surface area contributed by atoms with Crippen molar-refractivity contribution in [2.75, 3.05) is 5.32 Å². The van der Waals surface area contributed by atoms with Gasteiger partial charge in [-0.1, -0.05) is 54.2 Å². The minimum Gasteiger partial charge on any atom is -0.481 e. The molecule has 2 atom stereocenters. The van der Waals surface area contributed by atoms with Crippen LogP contribution in [-0.2, 0) is 11.0 Å². The zero-order valence-corrected chi connectivity index (χ0v) is 19.7. The van der Waals surface area contributed by atoms with Crippen LogP contribution < -0.4 is 5.32 Å². The fourth-order valence-corrected chi connectivity index (χ4v) is 5.50. The highest BCUT2D eigenvalue weighted by Gasteiger charge is 2.38. The number of aliphatic carboxylic acids is 1. The summed E-state index contributed by atoms with van der Waals surface area (Å²) in [6.07, 6.45) is -2.53. The first kappa shape index (κ1) is 24.0. The molecule has 1 saturated carbocycles. The Bertz CT molecular complexity index is 1430. The number of ketones is 1. The fourth-order valence-electron chi connectivity index (χ4n) is 4.64. The van der Waals surface area contributed by atoms with E-state index in [0.29, 0.717) is 28.2 Å². The molecule has 1 aromatic heterocycles. The molecule has 3 aromatic carbocycles. The Kier molecular flexibility index (Phi) is 6.26. The summed E-state index contributed by atoms with van der Waals surface area (Å²) in [4.78, 5) is 28.5. The number of aromatic nitrogens is 1. The Morgan fingerprint density at radius 3 is 2.19 bits per heavy atom. The molecule has 5 rings (SSSR count). The summed E-state index contributed by atoms with van der Waals surface area (Å²) in [5.74, 6) is -2.11. The Labute approximate surface area is 208 Å². The van der Waals surface area contributed by atoms with E-state index in [9.17, 15) is 27.9 Å². The normalized spacial score (nSPS) is 17.9. The van der Waals surface area contributed by atoms with E-state index >= 15 is 0 Å². The van der Waals surface area contributed by atoms with E-state index in [0.717, 1.165) is 35.4 Å². The van der Waals surface area contributed by atoms with Crippen LogP contribution in [0.4, 0.5) is 24.0 Å². The Morgan fingerprint density at radius 1 is 0.917 bits per heavy atom. The lowest BCUT2D eigenvalue weighted by atomic mass is 9.88. The number of nitrogens with zero attached hydrogens (tertiary/aromatic N) is 1. The van der Waals surface area contributed by atoms with Crippen molar-refractivity contribution in [1.82, 2.24) is 4.98 Å². The minimum absolute atomic E-state index is 0.121. The van der Waals surface area contributed by atoms with Crippen molar-refractivity contribution in [1.29, 1.82) is 0 Å². The molecule has 36 heavy (non-hydrogen) atoms. The smallest absolute Gasteiger partial charge is 0.416 e. The minimum atomic E-state index is -4.41. The number of alkyl halides is 3. The second-order valence-electron chi connectivity index (χ2n) is 8.83. The van der Waals surface area contributed by atoms with Crippen molar-refractivity contribution in [2.24, 2.45) is 11.8 Å². The van der Waals surface area contributed by atoms with Gasteiger partial charge in [-0.25, -0.2) is 4.98 Å². The number of hydrogen-bond acceptors (Lipinski definition) is 5. The molecule has 0 amide bonds. The number of carbonyl (C=O) groups excluding carboxylic acids is 1. The maximum atomic E-state index is 12.9. The summed E-state index contributed by atoms with van der Waals surface area (Å²) in [5, 5.41) is 13.0. The van der Waals surface area contributed by atoms with E-state index < -0.39 is 29.5 Å². The number of benzene rings is 3. The second kappa shape index (κ2) is 9.39. The molecule has 1 heterocycles. The molecule has 1 aliphatic rings. The average molecular weight is 511 g/mol. The molecule has 5 nitrogen and oxygen atoms in total. The average Bonchev–Trinajstić information content (AvgIpc) is 3.50. The highest BCUT2D eigenvalue weighted by atomic mass is 32.1. The monoisotopic (exact) mass is 510 g/mol. The van der Waals surface area contributed by atoms with Gasteiger partial charge in [0.05, 0.1) is 21.7 Å². The number of rotatable bonds is 6. The van der Waals surface area contributed by atoms with Crippen LogP contribution in [0.3, 0.4) is 0 Å². The van der Waals surface area contributed by atoms with Gasteiger partial charge in [0.1, 0.15) is 0 Å². The summed E-state index contributed by atoms with van der Waals surface area (Å²) in [6, 6.07) is 18.1. The van der Waals surface area contributed by atoms with E-state index in [1.54, 1.807) is 12.1 Å². The first-order chi connectivity index (χ1) is 17.2. The molecule has 0 bridgehead atoms. The van der Waals surface area contributed by atoms with Crippen LogP contribution in [0.25, 0.3) is 21.3 Å². The third-order valence-electron chi connectivity index (χ3n) is 6.52. The van der Waals surface area contributed by atoms with E-state index in [1.807, 2.05) is 36.4 Å². The van der Waals surface area contributed by atoms with Gasteiger partial charge < -0.3 is 10.4 Å². The van der Waals surface area contributed by atoms with Gasteiger partial charge in [-0.3, -0.25) is 9.59 Å². The van der Waals surface area contributed by atoms with Crippen molar-refractivity contribution in [2.45, 2.75) is 25.4 Å². The van der Waals surface area contributed by atoms with Crippen LogP contribution in [-0.4, -0.2) is 21.8 Å². The number of carboxylic acids is 1. The number of fused-ring (bicyclic) bond motifs is 1. The van der Waals surface area contributed by atoms with Gasteiger partial charge in [-0.05, 0) is 54.3 Å². The predicted molar refractivity (Wildman–Crippen MR) is 133 cm³/mol. The van der Waals surface area contributed by atoms with E-state index in [4.69, 9.17) is 0 Å². The lowest BCUT2D eigenvalue weighted by Gasteiger charge is -2.14. The highest BCUT2D eigenvalue weighted by Crippen LogP contribution is 2.36. The molecule has 4 aromatic rings. The third-order valence-corrected chi connectivity index (χ3v) is 7.48. The number of anilines is 2. The number of nitrogens with one attached hydrogen (secondary N) is 1. The first-order valence-corrected chi connectivity index (χ1v) is 12.2. The molecule has 0 saturated heterocycles. The maximum absolute atomic E-state index is 12.9. The van der Waals surface area contributed by atoms with Crippen LogP contribution in [0.2, 0.25) is 0 Å². The Balaban J connectivity index is 1.28. The molecule has 0 spiro atoms. The van der Waals surface area contributed by atoms with E-state index in [1.165, 1.54) is 17.4 Å². The summed E-state index contributed by atoms with van der Waals surface area (Å²) in [5.41, 5.74) is 2.63. The van der Waals surface area contributed by atoms with Gasteiger partial charge in [-0.2, -0.15) is 13.2 Å². The zero-order chi connectivity index (χ0) is 25.4. The Hall–Kier alpha value is -3.72. The van der Waals surface area contributed by atoms with Crippen molar-refractivity contribution >= 4 is 44.1 Å². The first-order valence-electron chi connectivity index (χ1n) is 11.4. The fraction of sp³-hybridized carbons (Fsp3) is 0.222. The highest BCUT2D eigenvalue weighted by molar-refractivity contribution is 7.22. The molecule has 9 heteroatoms. The second-order valence-corrected chi connectivity index (χ2v) is 9.86. The van der Waals surface area contributed by atoms with Crippen molar-refractivity contribution in [3.63, 3.8) is 0 Å². The van der Waals surface area contributed by atoms with Crippen molar-refractivity contribution < 1.29 is 27.9 Å². The summed E-state index contributed by atoms with van der Waals surface area (Å²) in [7, 11) is 0. The lowest BCUT2D eigenvalue weighted by Crippen LogP contribution is -2.25. The third kappa shape index (κ3) is 4.83. The number of halogens is 3. The van der Waals surface area contributed by atoms with Gasteiger partial charge in [0.15, 0.2) is 10.9 Å². The SMILES string of the molecule is O=C(O)[C@@H]1CCC[C@H]1C(=O)c1ccc(-c2ccc(Nc3nc4cc(C(F)(F)F)ccc4s3)cc2)cc1. The standard InChI is InChI=1S/C27H21F3N2O3S/c28-27(29,30)18-10-13-23-22(14-18)32-26(36-23)31-19-11-8-16(9-12-19)15-4-6-17(7-5-15)24(33)20-2-1-3-21(20)25(34)35/h4-14,20-21H,1-3H2,(H,31,32)(H,34,35)/t20-,21-/m1/s1. The van der Waals surface area contributed by atoms with Gasteiger partial charge >= 0.3 is 12.1 Å². The van der Waals surface area contributed by atoms with Crippen LogP contribution in [0.15, 0.2) is 66.7 Å². The lowest BCUT2D eigenvalue weighted by molar-refractivity contribution is -0.142. The predicted octanol–water partition coefficient (Wildman–Crippen LogP) is 7.41. The van der Waals surface area contributed by atoms with Crippen LogP contribution in [0.5, 0.6) is 0 Å². The van der Waals surface area contributed by atoms with Crippen molar-refractivity contribution in [3.05, 3.63) is 77.9 Å². The Morgan fingerprint density at radius 2 is 1.56 bits per heavy atom. The molecule has 1 fully saturated rings. The summed E-state index contributed by atoms with van der Waals surface area (Å²) < 4.78 is 39.5. The number of carboxylic acid groups (broad SMARTS) is 1. The van der Waals surface area contributed by atoms with Gasteiger partial charge in [0.25, 0.3) is 0 Å². The number of hydrogen-bond donors (Lipinski definition) is 2. The summed E-state index contributed by atoms with van der Waals surface area (Å²) >= 11 is 1.27. The van der Waals surface area contributed by atoms with Gasteiger partial charge in [0, 0.05) is 17.2 Å². The van der Waals surface area contributed by atoms with Crippen LogP contribution in [0, 0.1) is 11.8 Å². The van der Waals surface area contributed by atoms with E-state index in [2.05, 4.69) is 10.3 Å². The molecular formula is C27H21F3N2O3S. The van der Waals surface area contributed by atoms with E-state index in [-0.39, 0.29) is 11.3 Å². The number of thiazole rings is 1. The quantitative estimate of drug-likeness (QED) is 0.264. The molecular weight excluding hydrogens is 489 g/mol. The molecule has 0 aliphatic heterocycles. The van der Waals surface area contributed by atoms with Gasteiger partial charge in [0.2, 0.25) is 0 Å². The molecule has 0 unspecified atom stereocenters. The molecule has 1 aliphatic carbocycles. The summed E-state index contributed by atoms with van der Waals surface area (Å²) in [6.45, 7) is 0. The number of carbonyl (C=O) groups is 2. The topological polar surface area (TPSA) is 79.3 Å². The van der Waals surface area contributed by atoms with Gasteiger partial charge in [-0.15, -0.1) is 0 Å². The molecule has 184 valence electrons. The number of Topliss-reactive ketones (excluding diaryl/α,β-unsaturated/α-hetero) is 1. The molecule has 0 radical (unpaired) electrons. The zero-order valence-electron chi connectivity index (χ0n) is 18.9. The van der Waals surface area contributed by atoms with Crippen LogP contribution >= 0.6 is 11.3 Å². The maximum Gasteiger partial charge on any atom is 0.416 e.